The number of carbonyl (C=O) groups excluding carboxylic acids is 1. The van der Waals surface area contributed by atoms with Gasteiger partial charge in [-0.25, -0.2) is 9.48 Å². The van der Waals surface area contributed by atoms with Crippen LogP contribution in [0.3, 0.4) is 0 Å². The number of nitrogens with zero attached hydrogens (tertiary/aromatic N) is 2. The summed E-state index contributed by atoms with van der Waals surface area (Å²) in [5.41, 5.74) is -0.667. The molecule has 2 atom stereocenters. The van der Waals surface area contributed by atoms with Crippen LogP contribution < -0.4 is 5.32 Å². The van der Waals surface area contributed by atoms with E-state index in [9.17, 15) is 27.9 Å². The average molecular weight is 369 g/mol. The van der Waals surface area contributed by atoms with Crippen molar-refractivity contribution >= 4 is 11.9 Å². The van der Waals surface area contributed by atoms with Gasteiger partial charge in [0.15, 0.2) is 5.69 Å². The maximum Gasteiger partial charge on any atom is 0.435 e. The third-order valence-electron chi connectivity index (χ3n) is 4.02. The third kappa shape index (κ3) is 4.41. The van der Waals surface area contributed by atoms with Crippen molar-refractivity contribution < 1.29 is 27.9 Å². The Balaban J connectivity index is 2.24. The molecule has 0 aliphatic heterocycles. The number of hydrogen-bond donors (Lipinski definition) is 2. The topological polar surface area (TPSA) is 84.2 Å². The number of rotatable bonds is 6. The zero-order chi connectivity index (χ0) is 19.5. The fourth-order valence-electron chi connectivity index (χ4n) is 2.32. The second-order valence-electron chi connectivity index (χ2n) is 5.87. The standard InChI is InChI=1S/C17H18F3N3O3/c1-3-10(2)14(16(25)26)21-15(24)11-5-4-6-12(9-11)23-8-7-13(22-23)17(18,19)20/h4-10,14H,3H2,1-2H3,(H,21,24)(H,25,26)/t10-,14-/m0/s1. The van der Waals surface area contributed by atoms with E-state index in [-0.39, 0.29) is 17.2 Å². The van der Waals surface area contributed by atoms with Gasteiger partial charge in [-0.05, 0) is 30.2 Å². The van der Waals surface area contributed by atoms with E-state index in [2.05, 4.69) is 10.4 Å². The van der Waals surface area contributed by atoms with Crippen molar-refractivity contribution in [1.29, 1.82) is 0 Å². The number of halogens is 3. The van der Waals surface area contributed by atoms with Gasteiger partial charge in [-0.15, -0.1) is 0 Å². The number of benzene rings is 1. The maximum absolute atomic E-state index is 12.7. The van der Waals surface area contributed by atoms with E-state index in [0.29, 0.717) is 6.42 Å². The smallest absolute Gasteiger partial charge is 0.435 e. The molecule has 140 valence electrons. The van der Waals surface area contributed by atoms with Gasteiger partial charge in [-0.2, -0.15) is 18.3 Å². The van der Waals surface area contributed by atoms with Crippen LogP contribution in [0, 0.1) is 5.92 Å². The molecule has 2 N–H and O–H groups in total. The van der Waals surface area contributed by atoms with Crippen molar-refractivity contribution in [2.24, 2.45) is 5.92 Å². The number of alkyl halides is 3. The molecular formula is C17H18F3N3O3. The van der Waals surface area contributed by atoms with E-state index in [1.807, 2.05) is 6.92 Å². The number of aromatic nitrogens is 2. The number of carbonyl (C=O) groups is 2. The highest BCUT2D eigenvalue weighted by Crippen LogP contribution is 2.28. The second-order valence-corrected chi connectivity index (χ2v) is 5.87. The van der Waals surface area contributed by atoms with Crippen LogP contribution in [0.2, 0.25) is 0 Å². The minimum Gasteiger partial charge on any atom is -0.480 e. The van der Waals surface area contributed by atoms with Crippen LogP contribution in [0.5, 0.6) is 0 Å². The summed E-state index contributed by atoms with van der Waals surface area (Å²) in [4.78, 5) is 23.7. The van der Waals surface area contributed by atoms with E-state index in [4.69, 9.17) is 0 Å². The quantitative estimate of drug-likeness (QED) is 0.819. The Morgan fingerprint density at radius 1 is 1.31 bits per heavy atom. The molecule has 0 radical (unpaired) electrons. The Morgan fingerprint density at radius 2 is 2.00 bits per heavy atom. The molecule has 0 unspecified atom stereocenters. The minimum absolute atomic E-state index is 0.126. The van der Waals surface area contributed by atoms with E-state index < -0.39 is 29.8 Å². The molecule has 9 heteroatoms. The van der Waals surface area contributed by atoms with E-state index in [0.717, 1.165) is 16.9 Å². The predicted octanol–water partition coefficient (Wildman–Crippen LogP) is 3.12. The summed E-state index contributed by atoms with van der Waals surface area (Å²) >= 11 is 0. The fraction of sp³-hybridized carbons (Fsp3) is 0.353. The molecule has 2 rings (SSSR count). The molecule has 0 aliphatic carbocycles. The molecule has 0 aliphatic rings. The molecule has 0 spiro atoms. The normalized spacial score (nSPS) is 13.9. The number of amides is 1. The molecule has 6 nitrogen and oxygen atoms in total. The van der Waals surface area contributed by atoms with Crippen LogP contribution in [-0.4, -0.2) is 32.8 Å². The van der Waals surface area contributed by atoms with Crippen LogP contribution in [0.4, 0.5) is 13.2 Å². The SMILES string of the molecule is CC[C@H](C)[C@H](NC(=O)c1cccc(-n2ccc(C(F)(F)F)n2)c1)C(=O)O. The molecule has 1 aromatic heterocycles. The first-order chi connectivity index (χ1) is 12.1. The highest BCUT2D eigenvalue weighted by atomic mass is 19.4. The lowest BCUT2D eigenvalue weighted by atomic mass is 9.99. The number of nitrogens with one attached hydrogen (secondary N) is 1. The Kier molecular flexibility index (Phi) is 5.69. The Hall–Kier alpha value is -2.84. The highest BCUT2D eigenvalue weighted by molar-refractivity contribution is 5.97. The van der Waals surface area contributed by atoms with Gasteiger partial charge in [0.2, 0.25) is 0 Å². The average Bonchev–Trinajstić information content (AvgIpc) is 3.09. The van der Waals surface area contributed by atoms with Gasteiger partial charge in [-0.1, -0.05) is 26.3 Å². The Labute approximate surface area is 147 Å². The molecule has 1 amide bonds. The largest absolute Gasteiger partial charge is 0.480 e. The number of aliphatic carboxylic acids is 1. The van der Waals surface area contributed by atoms with Crippen LogP contribution >= 0.6 is 0 Å². The van der Waals surface area contributed by atoms with Gasteiger partial charge in [0.1, 0.15) is 6.04 Å². The summed E-state index contributed by atoms with van der Waals surface area (Å²) in [6.07, 6.45) is -2.87. The van der Waals surface area contributed by atoms with Crippen molar-refractivity contribution in [3.05, 3.63) is 47.8 Å². The summed E-state index contributed by atoms with van der Waals surface area (Å²) in [6.45, 7) is 3.52. The lowest BCUT2D eigenvalue weighted by molar-refractivity contribution is -0.141. The molecule has 0 bridgehead atoms. The van der Waals surface area contributed by atoms with Crippen LogP contribution in [0.1, 0.15) is 36.3 Å². The van der Waals surface area contributed by atoms with Crippen molar-refractivity contribution in [1.82, 2.24) is 15.1 Å². The molecule has 0 saturated heterocycles. The van der Waals surface area contributed by atoms with Crippen molar-refractivity contribution in [2.75, 3.05) is 0 Å². The first kappa shape index (κ1) is 19.5. The van der Waals surface area contributed by atoms with Crippen molar-refractivity contribution in [3.63, 3.8) is 0 Å². The zero-order valence-electron chi connectivity index (χ0n) is 14.1. The molecule has 26 heavy (non-hydrogen) atoms. The van der Waals surface area contributed by atoms with E-state index >= 15 is 0 Å². The molecule has 2 aromatic rings. The summed E-state index contributed by atoms with van der Waals surface area (Å²) in [5.74, 6) is -2.05. The summed E-state index contributed by atoms with van der Waals surface area (Å²) in [7, 11) is 0. The molecule has 0 saturated carbocycles. The minimum atomic E-state index is -4.56. The first-order valence-corrected chi connectivity index (χ1v) is 7.90. The molecule has 0 fully saturated rings. The lowest BCUT2D eigenvalue weighted by Gasteiger charge is -2.20. The van der Waals surface area contributed by atoms with Gasteiger partial charge in [-0.3, -0.25) is 4.79 Å². The molecular weight excluding hydrogens is 351 g/mol. The van der Waals surface area contributed by atoms with E-state index in [1.165, 1.54) is 24.3 Å². The molecule has 1 heterocycles. The van der Waals surface area contributed by atoms with Gasteiger partial charge in [0, 0.05) is 11.8 Å². The Morgan fingerprint density at radius 3 is 2.54 bits per heavy atom. The first-order valence-electron chi connectivity index (χ1n) is 7.90. The van der Waals surface area contributed by atoms with Crippen molar-refractivity contribution in [3.8, 4) is 5.69 Å². The monoisotopic (exact) mass is 369 g/mol. The van der Waals surface area contributed by atoms with Gasteiger partial charge >= 0.3 is 12.1 Å². The van der Waals surface area contributed by atoms with Crippen molar-refractivity contribution in [2.45, 2.75) is 32.5 Å². The summed E-state index contributed by atoms with van der Waals surface area (Å²) in [5, 5.41) is 15.1. The highest BCUT2D eigenvalue weighted by Gasteiger charge is 2.33. The fourth-order valence-corrected chi connectivity index (χ4v) is 2.32. The molecule has 1 aromatic carbocycles. The van der Waals surface area contributed by atoms with Gasteiger partial charge < -0.3 is 10.4 Å². The summed E-state index contributed by atoms with van der Waals surface area (Å²) < 4.78 is 39.0. The van der Waals surface area contributed by atoms with Crippen LogP contribution in [0.15, 0.2) is 36.5 Å². The third-order valence-corrected chi connectivity index (χ3v) is 4.02. The number of carboxylic acids is 1. The second kappa shape index (κ2) is 7.59. The summed E-state index contributed by atoms with van der Waals surface area (Å²) in [6, 6.07) is 5.54. The lowest BCUT2D eigenvalue weighted by Crippen LogP contribution is -2.45. The van der Waals surface area contributed by atoms with Crippen LogP contribution in [0.25, 0.3) is 5.69 Å². The van der Waals surface area contributed by atoms with E-state index in [1.54, 1.807) is 6.92 Å². The Bertz CT molecular complexity index is 802. The number of hydrogen-bond acceptors (Lipinski definition) is 3. The number of carboxylic acid groups (broad SMARTS) is 1. The van der Waals surface area contributed by atoms with Gasteiger partial charge in [0.25, 0.3) is 5.91 Å². The predicted molar refractivity (Wildman–Crippen MR) is 86.9 cm³/mol. The van der Waals surface area contributed by atoms with Crippen LogP contribution in [-0.2, 0) is 11.0 Å². The van der Waals surface area contributed by atoms with Gasteiger partial charge in [0.05, 0.1) is 5.69 Å². The maximum atomic E-state index is 12.7. The zero-order valence-corrected chi connectivity index (χ0v) is 14.1.